The summed E-state index contributed by atoms with van der Waals surface area (Å²) in [6.45, 7) is 5.13. The lowest BCUT2D eigenvalue weighted by Crippen LogP contribution is -2.35. The molecule has 0 fully saturated rings. The second-order valence-electron chi connectivity index (χ2n) is 6.51. The van der Waals surface area contributed by atoms with E-state index in [4.69, 9.17) is 0 Å². The quantitative estimate of drug-likeness (QED) is 0.875. The molecule has 1 N–H and O–H groups in total. The van der Waals surface area contributed by atoms with Gasteiger partial charge in [-0.25, -0.2) is 8.42 Å². The molecule has 0 atom stereocenters. The molecule has 0 unspecified atom stereocenters. The summed E-state index contributed by atoms with van der Waals surface area (Å²) in [6.07, 6.45) is 2.15. The Morgan fingerprint density at radius 1 is 1.08 bits per heavy atom. The van der Waals surface area contributed by atoms with Crippen LogP contribution in [0.3, 0.4) is 0 Å². The molecule has 2 aromatic carbocycles. The van der Waals surface area contributed by atoms with Gasteiger partial charge in [-0.3, -0.25) is 9.52 Å². The topological polar surface area (TPSA) is 66.5 Å². The lowest BCUT2D eigenvalue weighted by Gasteiger charge is -2.29. The largest absolute Gasteiger partial charge is 0.338 e. The fourth-order valence-electron chi connectivity index (χ4n) is 3.18. The van der Waals surface area contributed by atoms with Gasteiger partial charge in [-0.15, -0.1) is 0 Å². The Morgan fingerprint density at radius 3 is 2.46 bits per heavy atom. The maximum absolute atomic E-state index is 12.6. The van der Waals surface area contributed by atoms with Gasteiger partial charge < -0.3 is 4.90 Å². The number of anilines is 1. The predicted octanol–water partition coefficient (Wildman–Crippen LogP) is 3.34. The number of fused-ring (bicyclic) bond motifs is 1. The maximum Gasteiger partial charge on any atom is 0.261 e. The third-order valence-electron chi connectivity index (χ3n) is 4.77. The van der Waals surface area contributed by atoms with Crippen molar-refractivity contribution in [3.8, 4) is 0 Å². The molecular formula is C20H24N2O3S. The molecule has 0 saturated carbocycles. The van der Waals surface area contributed by atoms with E-state index in [-0.39, 0.29) is 10.8 Å². The van der Waals surface area contributed by atoms with Crippen molar-refractivity contribution in [2.45, 2.75) is 44.6 Å². The van der Waals surface area contributed by atoms with Crippen molar-refractivity contribution in [2.24, 2.45) is 0 Å². The minimum absolute atomic E-state index is 0.123. The van der Waals surface area contributed by atoms with Gasteiger partial charge in [-0.2, -0.15) is 0 Å². The van der Waals surface area contributed by atoms with E-state index < -0.39 is 10.0 Å². The molecule has 0 radical (unpaired) electrons. The molecular weight excluding hydrogens is 348 g/mol. The number of nitrogens with zero attached hydrogens (tertiary/aromatic N) is 1. The summed E-state index contributed by atoms with van der Waals surface area (Å²) in [5.74, 6) is 0.123. The van der Waals surface area contributed by atoms with Crippen molar-refractivity contribution in [1.82, 2.24) is 4.90 Å². The van der Waals surface area contributed by atoms with Gasteiger partial charge in [-0.05, 0) is 53.8 Å². The van der Waals surface area contributed by atoms with Crippen molar-refractivity contribution in [2.75, 3.05) is 11.3 Å². The molecule has 5 nitrogen and oxygen atoms in total. The number of nitrogens with one attached hydrogen (secondary N) is 1. The van der Waals surface area contributed by atoms with E-state index >= 15 is 0 Å². The van der Waals surface area contributed by atoms with Crippen LogP contribution in [-0.4, -0.2) is 25.8 Å². The van der Waals surface area contributed by atoms with E-state index in [0.29, 0.717) is 25.2 Å². The Kier molecular flexibility index (Phi) is 5.32. The van der Waals surface area contributed by atoms with Gasteiger partial charge in [0.2, 0.25) is 5.91 Å². The van der Waals surface area contributed by atoms with Gasteiger partial charge in [-0.1, -0.05) is 32.0 Å². The van der Waals surface area contributed by atoms with Crippen LogP contribution < -0.4 is 4.72 Å². The lowest BCUT2D eigenvalue weighted by molar-refractivity contribution is -0.131. The van der Waals surface area contributed by atoms with E-state index in [0.717, 1.165) is 24.0 Å². The Bertz CT molecular complexity index is 905. The van der Waals surface area contributed by atoms with Gasteiger partial charge in [0.25, 0.3) is 10.0 Å². The highest BCUT2D eigenvalue weighted by Gasteiger charge is 2.21. The first-order chi connectivity index (χ1) is 12.4. The second-order valence-corrected chi connectivity index (χ2v) is 8.19. The Balaban J connectivity index is 1.81. The normalized spacial score (nSPS) is 14.0. The number of benzene rings is 2. The molecule has 0 spiro atoms. The molecule has 2 aromatic rings. The first-order valence-corrected chi connectivity index (χ1v) is 10.4. The molecule has 1 aliphatic rings. The van der Waals surface area contributed by atoms with E-state index in [1.54, 1.807) is 18.2 Å². The number of hydrogen-bond donors (Lipinski definition) is 1. The van der Waals surface area contributed by atoms with E-state index in [2.05, 4.69) is 4.72 Å². The third-order valence-corrected chi connectivity index (χ3v) is 6.17. The van der Waals surface area contributed by atoms with Crippen LogP contribution in [0.4, 0.5) is 5.69 Å². The molecule has 0 aliphatic carbocycles. The predicted molar refractivity (Wildman–Crippen MR) is 102 cm³/mol. The molecule has 0 aromatic heterocycles. The summed E-state index contributed by atoms with van der Waals surface area (Å²) in [7, 11) is -3.63. The highest BCUT2D eigenvalue weighted by atomic mass is 32.2. The van der Waals surface area contributed by atoms with Crippen molar-refractivity contribution in [3.63, 3.8) is 0 Å². The Hall–Kier alpha value is -2.34. The van der Waals surface area contributed by atoms with Gasteiger partial charge in [0.05, 0.1) is 4.90 Å². The number of carbonyl (C=O) groups is 1. The van der Waals surface area contributed by atoms with Crippen LogP contribution in [0.1, 0.15) is 37.0 Å². The maximum atomic E-state index is 12.6. The van der Waals surface area contributed by atoms with Crippen LogP contribution in [0, 0.1) is 0 Å². The molecule has 6 heteroatoms. The Morgan fingerprint density at radius 2 is 1.81 bits per heavy atom. The number of hydrogen-bond acceptors (Lipinski definition) is 3. The summed E-state index contributed by atoms with van der Waals surface area (Å²) >= 11 is 0. The molecule has 1 aliphatic heterocycles. The number of carbonyl (C=O) groups excluding carboxylic acids is 1. The van der Waals surface area contributed by atoms with Crippen LogP contribution in [0.25, 0.3) is 0 Å². The highest BCUT2D eigenvalue weighted by Crippen LogP contribution is 2.25. The van der Waals surface area contributed by atoms with Crippen LogP contribution in [-0.2, 0) is 34.2 Å². The van der Waals surface area contributed by atoms with Gasteiger partial charge >= 0.3 is 0 Å². The summed E-state index contributed by atoms with van der Waals surface area (Å²) in [5.41, 5.74) is 3.78. The van der Waals surface area contributed by atoms with Crippen molar-refractivity contribution < 1.29 is 13.2 Å². The molecule has 0 saturated heterocycles. The summed E-state index contributed by atoms with van der Waals surface area (Å²) < 4.78 is 27.9. The molecule has 3 rings (SSSR count). The van der Waals surface area contributed by atoms with Crippen LogP contribution in [0.15, 0.2) is 47.4 Å². The van der Waals surface area contributed by atoms with Crippen LogP contribution in [0.5, 0.6) is 0 Å². The van der Waals surface area contributed by atoms with Crippen LogP contribution >= 0.6 is 0 Å². The monoisotopic (exact) mass is 372 g/mol. The molecule has 1 amide bonds. The number of amides is 1. The van der Waals surface area contributed by atoms with Crippen molar-refractivity contribution >= 4 is 21.6 Å². The average Bonchev–Trinajstić information content (AvgIpc) is 2.66. The van der Waals surface area contributed by atoms with E-state index in [1.807, 2.05) is 43.0 Å². The zero-order chi connectivity index (χ0) is 18.7. The smallest absolute Gasteiger partial charge is 0.261 e. The first kappa shape index (κ1) is 18.5. The van der Waals surface area contributed by atoms with E-state index in [1.165, 1.54) is 5.56 Å². The molecule has 26 heavy (non-hydrogen) atoms. The molecule has 1 heterocycles. The van der Waals surface area contributed by atoms with Crippen molar-refractivity contribution in [1.29, 1.82) is 0 Å². The minimum atomic E-state index is -3.63. The van der Waals surface area contributed by atoms with Gasteiger partial charge in [0.15, 0.2) is 0 Å². The zero-order valence-electron chi connectivity index (χ0n) is 15.2. The van der Waals surface area contributed by atoms with Gasteiger partial charge in [0.1, 0.15) is 0 Å². The fraction of sp³-hybridized carbons (Fsp3) is 0.350. The second kappa shape index (κ2) is 7.50. The highest BCUT2D eigenvalue weighted by molar-refractivity contribution is 7.92. The SMILES string of the molecule is CCC(=O)N1CCc2ccc(NS(=O)(=O)c3ccc(CC)cc3)cc2C1. The van der Waals surface area contributed by atoms with Crippen LogP contribution in [0.2, 0.25) is 0 Å². The van der Waals surface area contributed by atoms with E-state index in [9.17, 15) is 13.2 Å². The number of aryl methyl sites for hydroxylation is 1. The first-order valence-electron chi connectivity index (χ1n) is 8.94. The zero-order valence-corrected chi connectivity index (χ0v) is 16.0. The Labute approximate surface area is 155 Å². The standard InChI is InChI=1S/C20H24N2O3S/c1-3-15-5-9-19(10-6-15)26(24,25)21-18-8-7-16-11-12-22(20(23)4-2)14-17(16)13-18/h5-10,13,21H,3-4,11-12,14H2,1-2H3. The van der Waals surface area contributed by atoms with Crippen molar-refractivity contribution in [3.05, 3.63) is 59.2 Å². The number of sulfonamides is 1. The average molecular weight is 372 g/mol. The molecule has 138 valence electrons. The third kappa shape index (κ3) is 3.90. The number of rotatable bonds is 5. The summed E-state index contributed by atoms with van der Waals surface area (Å²) in [5, 5.41) is 0. The fourth-order valence-corrected chi connectivity index (χ4v) is 4.22. The summed E-state index contributed by atoms with van der Waals surface area (Å²) in [4.78, 5) is 14.0. The molecule has 0 bridgehead atoms. The summed E-state index contributed by atoms with van der Waals surface area (Å²) in [6, 6.07) is 12.5. The van der Waals surface area contributed by atoms with Gasteiger partial charge in [0, 0.05) is 25.2 Å². The minimum Gasteiger partial charge on any atom is -0.338 e. The lowest BCUT2D eigenvalue weighted by atomic mass is 9.99.